The Labute approximate surface area is 86.9 Å². The molecule has 0 amide bonds. The maximum atomic E-state index is 12.7. The summed E-state index contributed by atoms with van der Waals surface area (Å²) < 4.78 is 38.0. The van der Waals surface area contributed by atoms with E-state index in [0.29, 0.717) is 0 Å². The van der Waals surface area contributed by atoms with E-state index < -0.39 is 24.2 Å². The molecule has 2 rings (SSSR count). The molecular formula is C10H16F3NO. The van der Waals surface area contributed by atoms with Crippen LogP contribution in [0.2, 0.25) is 0 Å². The Kier molecular flexibility index (Phi) is 2.94. The number of hydrogen-bond donors (Lipinski definition) is 2. The van der Waals surface area contributed by atoms with E-state index in [4.69, 9.17) is 0 Å². The van der Waals surface area contributed by atoms with Crippen molar-refractivity contribution in [2.24, 2.45) is 5.92 Å². The Bertz CT molecular complexity index is 225. The minimum absolute atomic E-state index is 0.0506. The molecule has 2 N–H and O–H groups in total. The molecule has 2 fully saturated rings. The molecule has 2 nitrogen and oxygen atoms in total. The summed E-state index contributed by atoms with van der Waals surface area (Å²) in [6, 6.07) is -0.327. The van der Waals surface area contributed by atoms with Gasteiger partial charge in [-0.3, -0.25) is 0 Å². The Morgan fingerprint density at radius 1 is 1.07 bits per heavy atom. The summed E-state index contributed by atoms with van der Waals surface area (Å²) in [4.78, 5) is 0. The number of aliphatic hydroxyl groups is 1. The molecule has 3 atom stereocenters. The zero-order valence-corrected chi connectivity index (χ0v) is 8.43. The van der Waals surface area contributed by atoms with E-state index in [-0.39, 0.29) is 25.3 Å². The van der Waals surface area contributed by atoms with Crippen LogP contribution in [0.1, 0.15) is 32.1 Å². The van der Waals surface area contributed by atoms with E-state index in [1.165, 1.54) is 0 Å². The average molecular weight is 223 g/mol. The number of rotatable bonds is 2. The largest absolute Gasteiger partial charge is 0.393 e. The molecule has 0 radical (unpaired) electrons. The van der Waals surface area contributed by atoms with Gasteiger partial charge < -0.3 is 10.4 Å². The molecule has 2 saturated carbocycles. The molecular weight excluding hydrogens is 207 g/mol. The van der Waals surface area contributed by atoms with Gasteiger partial charge in [0.2, 0.25) is 0 Å². The highest BCUT2D eigenvalue weighted by Crippen LogP contribution is 2.39. The normalized spacial score (nSPS) is 38.0. The summed E-state index contributed by atoms with van der Waals surface area (Å²) in [5.74, 6) is -1.28. The number of hydrogen-bond acceptors (Lipinski definition) is 2. The van der Waals surface area contributed by atoms with Gasteiger partial charge in [-0.05, 0) is 32.1 Å². The highest BCUT2D eigenvalue weighted by Gasteiger charge is 2.48. The third-order valence-corrected chi connectivity index (χ3v) is 3.27. The van der Waals surface area contributed by atoms with Crippen LogP contribution in [0.15, 0.2) is 0 Å². The smallest absolute Gasteiger partial charge is 0.393 e. The molecule has 2 aliphatic carbocycles. The summed E-state index contributed by atoms with van der Waals surface area (Å²) in [5.41, 5.74) is 0. The fourth-order valence-electron chi connectivity index (χ4n) is 2.28. The Balaban J connectivity index is 1.98. The molecule has 0 saturated heterocycles. The molecule has 0 aliphatic heterocycles. The van der Waals surface area contributed by atoms with Crippen LogP contribution in [0.4, 0.5) is 13.2 Å². The second kappa shape index (κ2) is 3.94. The van der Waals surface area contributed by atoms with Gasteiger partial charge in [-0.2, -0.15) is 13.2 Å². The van der Waals surface area contributed by atoms with Crippen molar-refractivity contribution in [3.8, 4) is 0 Å². The van der Waals surface area contributed by atoms with Crippen LogP contribution in [0, 0.1) is 5.92 Å². The standard InChI is InChI=1S/C10H16F3NO/c11-10(12,13)8-4-3-7(15)5-9(8)14-6-1-2-6/h6-9,14-15H,1-5H2. The van der Waals surface area contributed by atoms with Crippen molar-refractivity contribution >= 4 is 0 Å². The monoisotopic (exact) mass is 223 g/mol. The summed E-state index contributed by atoms with van der Waals surface area (Å²) >= 11 is 0. The number of alkyl halides is 3. The van der Waals surface area contributed by atoms with E-state index in [1.54, 1.807) is 0 Å². The van der Waals surface area contributed by atoms with Gasteiger partial charge in [0.1, 0.15) is 0 Å². The second-order valence-corrected chi connectivity index (χ2v) is 4.66. The molecule has 0 aromatic heterocycles. The van der Waals surface area contributed by atoms with Crippen LogP contribution >= 0.6 is 0 Å². The SMILES string of the molecule is OC1CCC(C(F)(F)F)C(NC2CC2)C1. The van der Waals surface area contributed by atoms with Crippen molar-refractivity contribution in [2.45, 2.75) is 56.5 Å². The van der Waals surface area contributed by atoms with Crippen LogP contribution in [0.5, 0.6) is 0 Å². The van der Waals surface area contributed by atoms with Crippen molar-refractivity contribution in [3.05, 3.63) is 0 Å². The first-order valence-electron chi connectivity index (χ1n) is 5.47. The lowest BCUT2D eigenvalue weighted by atomic mass is 9.82. The third kappa shape index (κ3) is 2.84. The summed E-state index contributed by atoms with van der Waals surface area (Å²) in [5, 5.41) is 12.4. The van der Waals surface area contributed by atoms with Gasteiger partial charge in [-0.1, -0.05) is 0 Å². The first-order chi connectivity index (χ1) is 6.97. The lowest BCUT2D eigenvalue weighted by Gasteiger charge is -2.36. The van der Waals surface area contributed by atoms with E-state index >= 15 is 0 Å². The van der Waals surface area contributed by atoms with Gasteiger partial charge >= 0.3 is 6.18 Å². The van der Waals surface area contributed by atoms with E-state index in [1.807, 2.05) is 0 Å². The molecule has 0 spiro atoms. The van der Waals surface area contributed by atoms with Gasteiger partial charge in [-0.25, -0.2) is 0 Å². The molecule has 0 heterocycles. The zero-order valence-electron chi connectivity index (χ0n) is 8.43. The molecule has 88 valence electrons. The van der Waals surface area contributed by atoms with Gasteiger partial charge in [-0.15, -0.1) is 0 Å². The quantitative estimate of drug-likeness (QED) is 0.748. The Hall–Kier alpha value is -0.290. The Morgan fingerprint density at radius 3 is 2.27 bits per heavy atom. The fraction of sp³-hybridized carbons (Fsp3) is 1.00. The first kappa shape index (κ1) is 11.2. The van der Waals surface area contributed by atoms with Gasteiger partial charge in [0, 0.05) is 12.1 Å². The van der Waals surface area contributed by atoms with Crippen molar-refractivity contribution in [1.29, 1.82) is 0 Å². The number of aliphatic hydroxyl groups excluding tert-OH is 1. The van der Waals surface area contributed by atoms with Crippen LogP contribution in [0.25, 0.3) is 0 Å². The van der Waals surface area contributed by atoms with Crippen LogP contribution in [-0.2, 0) is 0 Å². The predicted molar refractivity (Wildman–Crippen MR) is 49.3 cm³/mol. The predicted octanol–water partition coefficient (Wildman–Crippen LogP) is 1.83. The molecule has 0 bridgehead atoms. The highest BCUT2D eigenvalue weighted by atomic mass is 19.4. The van der Waals surface area contributed by atoms with Crippen molar-refractivity contribution < 1.29 is 18.3 Å². The number of nitrogens with one attached hydrogen (secondary N) is 1. The highest BCUT2D eigenvalue weighted by molar-refractivity contribution is 4.93. The lowest BCUT2D eigenvalue weighted by Crippen LogP contribution is -2.49. The fourth-order valence-corrected chi connectivity index (χ4v) is 2.28. The topological polar surface area (TPSA) is 32.3 Å². The van der Waals surface area contributed by atoms with Crippen molar-refractivity contribution in [3.63, 3.8) is 0 Å². The zero-order chi connectivity index (χ0) is 11.1. The average Bonchev–Trinajstić information content (AvgIpc) is 2.85. The summed E-state index contributed by atoms with van der Waals surface area (Å²) in [7, 11) is 0. The van der Waals surface area contributed by atoms with E-state index in [9.17, 15) is 18.3 Å². The molecule has 0 aromatic rings. The van der Waals surface area contributed by atoms with E-state index in [2.05, 4.69) is 5.32 Å². The molecule has 15 heavy (non-hydrogen) atoms. The van der Waals surface area contributed by atoms with Crippen LogP contribution in [0.3, 0.4) is 0 Å². The van der Waals surface area contributed by atoms with E-state index in [0.717, 1.165) is 12.8 Å². The van der Waals surface area contributed by atoms with Crippen molar-refractivity contribution in [1.82, 2.24) is 5.32 Å². The van der Waals surface area contributed by atoms with Gasteiger partial charge in [0.25, 0.3) is 0 Å². The lowest BCUT2D eigenvalue weighted by molar-refractivity contribution is -0.193. The van der Waals surface area contributed by atoms with Gasteiger partial charge in [0.15, 0.2) is 0 Å². The minimum Gasteiger partial charge on any atom is -0.393 e. The van der Waals surface area contributed by atoms with Crippen molar-refractivity contribution in [2.75, 3.05) is 0 Å². The summed E-state index contributed by atoms with van der Waals surface area (Å²) in [6.45, 7) is 0. The first-order valence-corrected chi connectivity index (χ1v) is 5.47. The van der Waals surface area contributed by atoms with Gasteiger partial charge in [0.05, 0.1) is 12.0 Å². The molecule has 3 unspecified atom stereocenters. The number of halogens is 3. The Morgan fingerprint density at radius 2 is 1.73 bits per heavy atom. The maximum Gasteiger partial charge on any atom is 0.393 e. The van der Waals surface area contributed by atoms with Crippen LogP contribution < -0.4 is 5.32 Å². The molecule has 5 heteroatoms. The summed E-state index contributed by atoms with van der Waals surface area (Å²) in [6.07, 6.45) is -2.20. The maximum absolute atomic E-state index is 12.7. The minimum atomic E-state index is -4.13. The molecule has 0 aromatic carbocycles. The molecule has 2 aliphatic rings. The third-order valence-electron chi connectivity index (χ3n) is 3.27. The van der Waals surface area contributed by atoms with Crippen LogP contribution in [-0.4, -0.2) is 29.5 Å². The second-order valence-electron chi connectivity index (χ2n) is 4.66.